The van der Waals surface area contributed by atoms with Gasteiger partial charge in [-0.25, -0.2) is 0 Å². The van der Waals surface area contributed by atoms with Crippen molar-refractivity contribution in [3.63, 3.8) is 0 Å². The molecule has 0 heterocycles. The number of carbonyl (C=O) groups excluding carboxylic acids is 1. The lowest BCUT2D eigenvalue weighted by Crippen LogP contribution is -2.38. The molecule has 2 nitrogen and oxygen atoms in total. The van der Waals surface area contributed by atoms with Crippen molar-refractivity contribution in [3.05, 3.63) is 0 Å². The van der Waals surface area contributed by atoms with Crippen LogP contribution >= 0.6 is 0 Å². The molecule has 2 rings (SSSR count). The van der Waals surface area contributed by atoms with Crippen LogP contribution in [0.3, 0.4) is 0 Å². The van der Waals surface area contributed by atoms with Crippen molar-refractivity contribution < 1.29 is 4.79 Å². The Morgan fingerprint density at radius 3 is 2.69 bits per heavy atom. The van der Waals surface area contributed by atoms with E-state index in [-0.39, 0.29) is 5.91 Å². The van der Waals surface area contributed by atoms with E-state index in [1.807, 2.05) is 0 Å². The molecule has 13 heavy (non-hydrogen) atoms. The first-order chi connectivity index (χ1) is 6.25. The van der Waals surface area contributed by atoms with E-state index in [9.17, 15) is 4.79 Å². The number of nitrogens with one attached hydrogen (secondary N) is 1. The minimum Gasteiger partial charge on any atom is -0.354 e. The Morgan fingerprint density at radius 1 is 1.15 bits per heavy atom. The number of amides is 1. The topological polar surface area (TPSA) is 29.1 Å². The molecule has 0 aromatic heterocycles. The summed E-state index contributed by atoms with van der Waals surface area (Å²) in [4.78, 5) is 10.9. The van der Waals surface area contributed by atoms with Crippen molar-refractivity contribution in [2.24, 2.45) is 11.8 Å². The van der Waals surface area contributed by atoms with Crippen molar-refractivity contribution in [2.45, 2.75) is 51.5 Å². The van der Waals surface area contributed by atoms with Crippen LogP contribution in [0.5, 0.6) is 0 Å². The van der Waals surface area contributed by atoms with Gasteiger partial charge in [0.1, 0.15) is 0 Å². The standard InChI is InChI=1S/C11H19NO/c1-8(13)12-11-6-5-9-3-2-4-10(9)7-11/h9-11H,2-7H2,1H3,(H,12,13)/t9-,10-,11-/m1/s1. The highest BCUT2D eigenvalue weighted by atomic mass is 16.1. The molecule has 0 aromatic rings. The van der Waals surface area contributed by atoms with Gasteiger partial charge in [-0.2, -0.15) is 0 Å². The maximum atomic E-state index is 10.9. The molecule has 0 unspecified atom stereocenters. The smallest absolute Gasteiger partial charge is 0.217 e. The van der Waals surface area contributed by atoms with Gasteiger partial charge < -0.3 is 5.32 Å². The fourth-order valence-corrected chi connectivity index (χ4v) is 3.12. The third-order valence-corrected chi connectivity index (χ3v) is 3.70. The Morgan fingerprint density at radius 2 is 1.92 bits per heavy atom. The number of hydrogen-bond acceptors (Lipinski definition) is 1. The molecule has 0 aromatic carbocycles. The first-order valence-electron chi connectivity index (χ1n) is 5.53. The highest BCUT2D eigenvalue weighted by Gasteiger charge is 2.33. The molecular formula is C11H19NO. The molecule has 0 saturated heterocycles. The van der Waals surface area contributed by atoms with Crippen LogP contribution in [0.2, 0.25) is 0 Å². The van der Waals surface area contributed by atoms with E-state index >= 15 is 0 Å². The monoisotopic (exact) mass is 181 g/mol. The van der Waals surface area contributed by atoms with Crippen LogP contribution < -0.4 is 5.32 Å². The zero-order chi connectivity index (χ0) is 9.26. The molecule has 74 valence electrons. The van der Waals surface area contributed by atoms with Crippen LogP contribution in [0.4, 0.5) is 0 Å². The number of fused-ring (bicyclic) bond motifs is 1. The van der Waals surface area contributed by atoms with Crippen molar-refractivity contribution in [3.8, 4) is 0 Å². The van der Waals surface area contributed by atoms with E-state index in [1.54, 1.807) is 6.92 Å². The summed E-state index contributed by atoms with van der Waals surface area (Å²) in [5.41, 5.74) is 0. The van der Waals surface area contributed by atoms with Crippen molar-refractivity contribution in [1.29, 1.82) is 0 Å². The maximum absolute atomic E-state index is 10.9. The largest absolute Gasteiger partial charge is 0.354 e. The van der Waals surface area contributed by atoms with Gasteiger partial charge in [-0.15, -0.1) is 0 Å². The van der Waals surface area contributed by atoms with Crippen LogP contribution in [0, 0.1) is 11.8 Å². The van der Waals surface area contributed by atoms with Crippen molar-refractivity contribution in [2.75, 3.05) is 0 Å². The Labute approximate surface area is 80.1 Å². The Kier molecular flexibility index (Phi) is 2.56. The summed E-state index contributed by atoms with van der Waals surface area (Å²) in [5, 5.41) is 3.06. The van der Waals surface area contributed by atoms with Crippen molar-refractivity contribution >= 4 is 5.91 Å². The van der Waals surface area contributed by atoms with Gasteiger partial charge in [0, 0.05) is 13.0 Å². The van der Waals surface area contributed by atoms with E-state index in [2.05, 4.69) is 5.32 Å². The average Bonchev–Trinajstić information content (AvgIpc) is 2.49. The first-order valence-corrected chi connectivity index (χ1v) is 5.53. The number of rotatable bonds is 1. The van der Waals surface area contributed by atoms with Gasteiger partial charge in [0.15, 0.2) is 0 Å². The molecule has 0 aliphatic heterocycles. The van der Waals surface area contributed by atoms with Crippen LogP contribution in [0.25, 0.3) is 0 Å². The predicted octanol–water partition coefficient (Wildman–Crippen LogP) is 2.09. The molecule has 2 fully saturated rings. The van der Waals surface area contributed by atoms with E-state index in [4.69, 9.17) is 0 Å². The second-order valence-corrected chi connectivity index (χ2v) is 4.66. The summed E-state index contributed by atoms with van der Waals surface area (Å²) in [6.45, 7) is 1.63. The van der Waals surface area contributed by atoms with Gasteiger partial charge >= 0.3 is 0 Å². The summed E-state index contributed by atoms with van der Waals surface area (Å²) in [6.07, 6.45) is 8.06. The molecule has 1 amide bonds. The lowest BCUT2D eigenvalue weighted by atomic mass is 9.79. The molecule has 2 saturated carbocycles. The lowest BCUT2D eigenvalue weighted by molar-refractivity contribution is -0.120. The Bertz CT molecular complexity index is 202. The van der Waals surface area contributed by atoms with Gasteiger partial charge in [0.2, 0.25) is 5.91 Å². The van der Waals surface area contributed by atoms with Crippen molar-refractivity contribution in [1.82, 2.24) is 5.32 Å². The van der Waals surface area contributed by atoms with Gasteiger partial charge in [-0.05, 0) is 31.1 Å². The third-order valence-electron chi connectivity index (χ3n) is 3.70. The molecule has 0 spiro atoms. The summed E-state index contributed by atoms with van der Waals surface area (Å²) >= 11 is 0. The van der Waals surface area contributed by atoms with Gasteiger partial charge in [0.05, 0.1) is 0 Å². The van der Waals surface area contributed by atoms with Gasteiger partial charge in [0.25, 0.3) is 0 Å². The average molecular weight is 181 g/mol. The molecule has 2 heteroatoms. The fourth-order valence-electron chi connectivity index (χ4n) is 3.12. The fraction of sp³-hybridized carbons (Fsp3) is 0.909. The summed E-state index contributed by atoms with van der Waals surface area (Å²) in [7, 11) is 0. The van der Waals surface area contributed by atoms with E-state index in [0.29, 0.717) is 6.04 Å². The molecule has 2 aliphatic rings. The highest BCUT2D eigenvalue weighted by molar-refractivity contribution is 5.73. The molecule has 1 N–H and O–H groups in total. The first kappa shape index (κ1) is 9.04. The minimum atomic E-state index is 0.140. The summed E-state index contributed by atoms with van der Waals surface area (Å²) < 4.78 is 0. The molecule has 2 aliphatic carbocycles. The van der Waals surface area contributed by atoms with E-state index in [0.717, 1.165) is 11.8 Å². The minimum absolute atomic E-state index is 0.140. The molecule has 0 radical (unpaired) electrons. The zero-order valence-corrected chi connectivity index (χ0v) is 8.38. The van der Waals surface area contributed by atoms with E-state index in [1.165, 1.54) is 38.5 Å². The van der Waals surface area contributed by atoms with Crippen LogP contribution in [0.15, 0.2) is 0 Å². The molecule has 0 bridgehead atoms. The van der Waals surface area contributed by atoms with Crippen LogP contribution in [0.1, 0.15) is 45.4 Å². The SMILES string of the molecule is CC(=O)N[C@@H]1CC[C@H]2CCC[C@@H]2C1. The second-order valence-electron chi connectivity index (χ2n) is 4.66. The highest BCUT2D eigenvalue weighted by Crippen LogP contribution is 2.41. The second kappa shape index (κ2) is 3.69. The third kappa shape index (κ3) is 2.04. The maximum Gasteiger partial charge on any atom is 0.217 e. The summed E-state index contributed by atoms with van der Waals surface area (Å²) in [5.74, 6) is 2.05. The predicted molar refractivity (Wildman–Crippen MR) is 52.3 cm³/mol. The Balaban J connectivity index is 1.86. The molecular weight excluding hydrogens is 162 g/mol. The lowest BCUT2D eigenvalue weighted by Gasteiger charge is -2.32. The zero-order valence-electron chi connectivity index (χ0n) is 8.38. The van der Waals surface area contributed by atoms with Gasteiger partial charge in [-0.1, -0.05) is 19.3 Å². The van der Waals surface area contributed by atoms with Crippen LogP contribution in [-0.2, 0) is 4.79 Å². The van der Waals surface area contributed by atoms with Gasteiger partial charge in [-0.3, -0.25) is 4.79 Å². The quantitative estimate of drug-likeness (QED) is 0.659. The van der Waals surface area contributed by atoms with Crippen LogP contribution in [-0.4, -0.2) is 11.9 Å². The van der Waals surface area contributed by atoms with E-state index < -0.39 is 0 Å². The Hall–Kier alpha value is -0.530. The molecule has 3 atom stereocenters. The normalized spacial score (nSPS) is 38.4. The summed E-state index contributed by atoms with van der Waals surface area (Å²) in [6, 6.07) is 0.483. The number of carbonyl (C=O) groups is 1. The number of hydrogen-bond donors (Lipinski definition) is 1.